The van der Waals surface area contributed by atoms with Crippen molar-refractivity contribution in [3.05, 3.63) is 29.7 Å². The monoisotopic (exact) mass is 291 g/mol. The number of nitrogens with zero attached hydrogens (tertiary/aromatic N) is 4. The van der Waals surface area contributed by atoms with Gasteiger partial charge in [-0.15, -0.1) is 10.2 Å². The van der Waals surface area contributed by atoms with Crippen LogP contribution in [0.1, 0.15) is 56.6 Å². The average Bonchev–Trinajstić information content (AvgIpc) is 3.05. The van der Waals surface area contributed by atoms with E-state index >= 15 is 0 Å². The number of aromatic nitrogens is 4. The summed E-state index contributed by atoms with van der Waals surface area (Å²) in [7, 11) is 1.86. The number of rotatable bonds is 6. The molecule has 0 fully saturated rings. The van der Waals surface area contributed by atoms with Crippen LogP contribution < -0.4 is 5.32 Å². The maximum Gasteiger partial charge on any atom is 0.238 e. The predicted octanol–water partition coefficient (Wildman–Crippen LogP) is 1.74. The molecule has 1 N–H and O–H groups in total. The Bertz CT molecular complexity index is 602. The van der Waals surface area contributed by atoms with Crippen LogP contribution in [0, 0.1) is 0 Å². The first kappa shape index (κ1) is 15.2. The Morgan fingerprint density at radius 1 is 1.33 bits per heavy atom. The van der Waals surface area contributed by atoms with Crippen molar-refractivity contribution < 1.29 is 9.21 Å². The van der Waals surface area contributed by atoms with Crippen LogP contribution in [0.5, 0.6) is 0 Å². The fraction of sp³-hybridized carbons (Fsp3) is 0.571. The first-order chi connectivity index (χ1) is 9.97. The van der Waals surface area contributed by atoms with Crippen molar-refractivity contribution in [3.63, 3.8) is 0 Å². The summed E-state index contributed by atoms with van der Waals surface area (Å²) in [5, 5.41) is 14.9. The second-order valence-electron chi connectivity index (χ2n) is 5.37. The van der Waals surface area contributed by atoms with E-state index in [1.54, 1.807) is 10.9 Å². The van der Waals surface area contributed by atoms with Crippen molar-refractivity contribution >= 4 is 5.91 Å². The van der Waals surface area contributed by atoms with Crippen molar-refractivity contribution in [2.24, 2.45) is 7.05 Å². The third-order valence-electron chi connectivity index (χ3n) is 3.23. The maximum atomic E-state index is 11.9. The molecule has 114 valence electrons. The third kappa shape index (κ3) is 3.90. The fourth-order valence-electron chi connectivity index (χ4n) is 1.92. The van der Waals surface area contributed by atoms with Crippen LogP contribution in [0.25, 0.3) is 0 Å². The number of carbonyl (C=O) groups is 1. The summed E-state index contributed by atoms with van der Waals surface area (Å²) >= 11 is 0. The Balaban J connectivity index is 1.85. The number of amides is 1. The second kappa shape index (κ2) is 6.51. The molecule has 1 amide bonds. The summed E-state index contributed by atoms with van der Waals surface area (Å²) in [5.41, 5.74) is 1.03. The summed E-state index contributed by atoms with van der Waals surface area (Å²) in [6.45, 7) is 5.79. The summed E-state index contributed by atoms with van der Waals surface area (Å²) < 4.78 is 7.29. The van der Waals surface area contributed by atoms with Gasteiger partial charge in [0.05, 0.1) is 0 Å². The molecule has 1 unspecified atom stereocenters. The minimum atomic E-state index is -0.288. The zero-order valence-corrected chi connectivity index (χ0v) is 12.8. The normalized spacial score (nSPS) is 12.6. The molecule has 21 heavy (non-hydrogen) atoms. The minimum Gasteiger partial charge on any atom is -0.423 e. The molecule has 2 heterocycles. The molecule has 0 aliphatic rings. The average molecular weight is 291 g/mol. The van der Waals surface area contributed by atoms with E-state index in [1.807, 2.05) is 33.9 Å². The summed E-state index contributed by atoms with van der Waals surface area (Å²) in [6, 6.07) is 1.62. The topological polar surface area (TPSA) is 85.8 Å². The number of aryl methyl sites for hydroxylation is 2. The van der Waals surface area contributed by atoms with E-state index in [0.29, 0.717) is 24.6 Å². The highest BCUT2D eigenvalue weighted by Crippen LogP contribution is 2.16. The largest absolute Gasteiger partial charge is 0.423 e. The minimum absolute atomic E-state index is 0.0482. The Hall–Kier alpha value is -2.18. The maximum absolute atomic E-state index is 11.9. The Labute approximate surface area is 123 Å². The molecule has 7 nitrogen and oxygen atoms in total. The van der Waals surface area contributed by atoms with Gasteiger partial charge < -0.3 is 9.73 Å². The van der Waals surface area contributed by atoms with E-state index in [9.17, 15) is 4.79 Å². The third-order valence-corrected chi connectivity index (χ3v) is 3.23. The van der Waals surface area contributed by atoms with Crippen LogP contribution in [-0.4, -0.2) is 25.9 Å². The Morgan fingerprint density at radius 2 is 2.05 bits per heavy atom. The van der Waals surface area contributed by atoms with E-state index in [-0.39, 0.29) is 17.9 Å². The van der Waals surface area contributed by atoms with E-state index in [2.05, 4.69) is 20.6 Å². The molecule has 1 atom stereocenters. The van der Waals surface area contributed by atoms with Gasteiger partial charge in [0.15, 0.2) is 0 Å². The Morgan fingerprint density at radius 3 is 2.62 bits per heavy atom. The molecule has 0 saturated heterocycles. The smallest absolute Gasteiger partial charge is 0.238 e. The zero-order chi connectivity index (χ0) is 15.4. The number of carbonyl (C=O) groups excluding carboxylic acids is 1. The molecule has 2 aromatic heterocycles. The van der Waals surface area contributed by atoms with Crippen LogP contribution >= 0.6 is 0 Å². The molecule has 0 bridgehead atoms. The van der Waals surface area contributed by atoms with Crippen LogP contribution in [0.15, 0.2) is 16.7 Å². The van der Waals surface area contributed by atoms with Crippen molar-refractivity contribution in [1.29, 1.82) is 0 Å². The molecular weight excluding hydrogens is 270 g/mol. The van der Waals surface area contributed by atoms with Crippen molar-refractivity contribution in [1.82, 2.24) is 25.3 Å². The molecule has 2 aromatic rings. The highest BCUT2D eigenvalue weighted by molar-refractivity contribution is 5.76. The van der Waals surface area contributed by atoms with Gasteiger partial charge in [0.1, 0.15) is 6.04 Å². The first-order valence-corrected chi connectivity index (χ1v) is 7.07. The molecule has 0 radical (unpaired) electrons. The van der Waals surface area contributed by atoms with Crippen LogP contribution in [-0.2, 0) is 18.3 Å². The number of hydrogen-bond donors (Lipinski definition) is 1. The lowest BCUT2D eigenvalue weighted by atomic mass is 10.2. The molecule has 0 spiro atoms. The van der Waals surface area contributed by atoms with E-state index in [1.165, 1.54) is 0 Å². The van der Waals surface area contributed by atoms with Crippen LogP contribution in [0.3, 0.4) is 0 Å². The van der Waals surface area contributed by atoms with Gasteiger partial charge in [-0.25, -0.2) is 0 Å². The van der Waals surface area contributed by atoms with Gasteiger partial charge >= 0.3 is 0 Å². The molecule has 2 rings (SSSR count). The van der Waals surface area contributed by atoms with E-state index in [0.717, 1.165) is 5.69 Å². The number of nitrogens with one attached hydrogen (secondary N) is 1. The van der Waals surface area contributed by atoms with E-state index < -0.39 is 0 Å². The second-order valence-corrected chi connectivity index (χ2v) is 5.37. The van der Waals surface area contributed by atoms with Gasteiger partial charge in [-0.1, -0.05) is 13.8 Å². The van der Waals surface area contributed by atoms with Crippen molar-refractivity contribution in [2.75, 3.05) is 0 Å². The molecule has 0 aliphatic carbocycles. The van der Waals surface area contributed by atoms with Gasteiger partial charge in [-0.3, -0.25) is 9.48 Å². The highest BCUT2D eigenvalue weighted by atomic mass is 16.4. The molecule has 7 heteroatoms. The Kier molecular flexibility index (Phi) is 4.72. The molecule has 0 saturated carbocycles. The lowest BCUT2D eigenvalue weighted by Gasteiger charge is -2.10. The van der Waals surface area contributed by atoms with E-state index in [4.69, 9.17) is 4.42 Å². The quantitative estimate of drug-likeness (QED) is 0.876. The van der Waals surface area contributed by atoms with Crippen LogP contribution in [0.4, 0.5) is 0 Å². The summed E-state index contributed by atoms with van der Waals surface area (Å²) in [4.78, 5) is 11.9. The number of hydrogen-bond acceptors (Lipinski definition) is 5. The van der Waals surface area contributed by atoms with Crippen molar-refractivity contribution in [3.8, 4) is 0 Å². The predicted molar refractivity (Wildman–Crippen MR) is 76.5 cm³/mol. The highest BCUT2D eigenvalue weighted by Gasteiger charge is 2.17. The fourth-order valence-corrected chi connectivity index (χ4v) is 1.92. The lowest BCUT2D eigenvalue weighted by molar-refractivity contribution is -0.121. The van der Waals surface area contributed by atoms with Crippen molar-refractivity contribution in [2.45, 2.75) is 45.6 Å². The molecule has 0 aliphatic heterocycles. The lowest BCUT2D eigenvalue weighted by Crippen LogP contribution is -2.27. The molecule has 0 aromatic carbocycles. The SMILES string of the molecule is CC(C)c1nnc(C(C)NC(=O)CCc2ccnn2C)o1. The van der Waals surface area contributed by atoms with Gasteiger partial charge in [-0.2, -0.15) is 5.10 Å². The summed E-state index contributed by atoms with van der Waals surface area (Å²) in [5.74, 6) is 1.15. The summed E-state index contributed by atoms with van der Waals surface area (Å²) in [6.07, 6.45) is 2.77. The standard InChI is InChI=1S/C14H21N5O2/c1-9(2)13-17-18-14(21-13)10(3)16-12(20)6-5-11-7-8-15-19(11)4/h7-10H,5-6H2,1-4H3,(H,16,20). The van der Waals surface area contributed by atoms with Gasteiger partial charge in [-0.05, 0) is 19.4 Å². The molecular formula is C14H21N5O2. The van der Waals surface area contributed by atoms with Gasteiger partial charge in [0.2, 0.25) is 17.7 Å². The van der Waals surface area contributed by atoms with Gasteiger partial charge in [0.25, 0.3) is 0 Å². The first-order valence-electron chi connectivity index (χ1n) is 7.07. The van der Waals surface area contributed by atoms with Gasteiger partial charge in [0, 0.05) is 31.3 Å². The van der Waals surface area contributed by atoms with Crippen LogP contribution in [0.2, 0.25) is 0 Å². The zero-order valence-electron chi connectivity index (χ0n) is 12.8.